The van der Waals surface area contributed by atoms with Gasteiger partial charge in [-0.1, -0.05) is 0 Å². The van der Waals surface area contributed by atoms with Crippen molar-refractivity contribution in [2.75, 3.05) is 23.4 Å². The van der Waals surface area contributed by atoms with Crippen molar-refractivity contribution < 1.29 is 8.42 Å². The van der Waals surface area contributed by atoms with Gasteiger partial charge in [0.2, 0.25) is 0 Å². The van der Waals surface area contributed by atoms with Crippen LogP contribution in [0.2, 0.25) is 0 Å². The molecule has 1 unspecified atom stereocenters. The zero-order valence-corrected chi connectivity index (χ0v) is 11.3. The number of thiophene rings is 1. The van der Waals surface area contributed by atoms with Gasteiger partial charge in [0.1, 0.15) is 12.1 Å². The molecule has 18 heavy (non-hydrogen) atoms. The van der Waals surface area contributed by atoms with Gasteiger partial charge in [0.05, 0.1) is 21.7 Å². The molecular formula is C11H13N3O2S2. The zero-order chi connectivity index (χ0) is 12.6. The lowest BCUT2D eigenvalue weighted by Crippen LogP contribution is -2.16. The molecular weight excluding hydrogens is 270 g/mol. The Hall–Kier alpha value is -1.21. The van der Waals surface area contributed by atoms with Crippen molar-refractivity contribution in [1.29, 1.82) is 0 Å². The summed E-state index contributed by atoms with van der Waals surface area (Å²) in [6.45, 7) is 0.656. The third-order valence-corrected chi connectivity index (χ3v) is 5.88. The molecule has 2 aromatic rings. The van der Waals surface area contributed by atoms with E-state index in [4.69, 9.17) is 0 Å². The molecule has 0 bridgehead atoms. The Morgan fingerprint density at radius 2 is 2.33 bits per heavy atom. The molecule has 96 valence electrons. The molecule has 0 saturated carbocycles. The molecule has 2 aromatic heterocycles. The summed E-state index contributed by atoms with van der Waals surface area (Å²) in [6, 6.07) is 1.95. The summed E-state index contributed by atoms with van der Waals surface area (Å²) in [5, 5.41) is 5.23. The van der Waals surface area contributed by atoms with E-state index in [1.54, 1.807) is 11.3 Å². The van der Waals surface area contributed by atoms with Gasteiger partial charge in [0, 0.05) is 6.54 Å². The van der Waals surface area contributed by atoms with E-state index in [0.29, 0.717) is 18.1 Å². The van der Waals surface area contributed by atoms with Crippen molar-refractivity contribution in [3.8, 4) is 0 Å². The van der Waals surface area contributed by atoms with Gasteiger partial charge in [-0.25, -0.2) is 18.4 Å². The SMILES string of the molecule is O=S1(=O)CCC(CNc2ncnc3ccsc23)C1. The average molecular weight is 283 g/mol. The molecule has 1 N–H and O–H groups in total. The largest absolute Gasteiger partial charge is 0.368 e. The Bertz CT molecular complexity index is 666. The molecule has 3 heterocycles. The summed E-state index contributed by atoms with van der Waals surface area (Å²) in [4.78, 5) is 8.38. The first-order valence-electron chi connectivity index (χ1n) is 5.76. The molecule has 1 aliphatic rings. The number of nitrogens with one attached hydrogen (secondary N) is 1. The molecule has 7 heteroatoms. The molecule has 3 rings (SSSR count). The smallest absolute Gasteiger partial charge is 0.150 e. The topological polar surface area (TPSA) is 72.0 Å². The fourth-order valence-corrected chi connectivity index (χ4v) is 4.86. The fraction of sp³-hybridized carbons (Fsp3) is 0.455. The highest BCUT2D eigenvalue weighted by Gasteiger charge is 2.27. The number of fused-ring (bicyclic) bond motifs is 1. The minimum Gasteiger partial charge on any atom is -0.368 e. The van der Waals surface area contributed by atoms with E-state index in [9.17, 15) is 8.42 Å². The van der Waals surface area contributed by atoms with Gasteiger partial charge in [0.25, 0.3) is 0 Å². The lowest BCUT2D eigenvalue weighted by atomic mass is 10.1. The lowest BCUT2D eigenvalue weighted by Gasteiger charge is -2.10. The van der Waals surface area contributed by atoms with Crippen LogP contribution in [0.5, 0.6) is 0 Å². The van der Waals surface area contributed by atoms with Crippen molar-refractivity contribution in [2.24, 2.45) is 5.92 Å². The molecule has 0 radical (unpaired) electrons. The van der Waals surface area contributed by atoms with Crippen LogP contribution in [0.15, 0.2) is 17.8 Å². The Kier molecular flexibility index (Phi) is 2.95. The van der Waals surface area contributed by atoms with Crippen LogP contribution in [0.25, 0.3) is 10.2 Å². The van der Waals surface area contributed by atoms with E-state index in [1.807, 2.05) is 11.4 Å². The molecule has 0 aromatic carbocycles. The van der Waals surface area contributed by atoms with E-state index < -0.39 is 9.84 Å². The fourth-order valence-electron chi connectivity index (χ4n) is 2.19. The highest BCUT2D eigenvalue weighted by atomic mass is 32.2. The number of hydrogen-bond donors (Lipinski definition) is 1. The molecule has 1 fully saturated rings. The minimum atomic E-state index is -2.80. The van der Waals surface area contributed by atoms with Crippen molar-refractivity contribution in [3.05, 3.63) is 17.8 Å². The maximum absolute atomic E-state index is 11.4. The van der Waals surface area contributed by atoms with Gasteiger partial charge in [0.15, 0.2) is 9.84 Å². The first-order chi connectivity index (χ1) is 8.64. The van der Waals surface area contributed by atoms with E-state index in [-0.39, 0.29) is 5.92 Å². The van der Waals surface area contributed by atoms with Crippen LogP contribution < -0.4 is 5.32 Å². The van der Waals surface area contributed by atoms with Gasteiger partial charge in [-0.05, 0) is 23.8 Å². The molecule has 1 saturated heterocycles. The second-order valence-electron chi connectivity index (χ2n) is 4.51. The zero-order valence-electron chi connectivity index (χ0n) is 9.67. The van der Waals surface area contributed by atoms with Crippen molar-refractivity contribution in [3.63, 3.8) is 0 Å². The molecule has 0 spiro atoms. The van der Waals surface area contributed by atoms with Crippen LogP contribution in [0, 0.1) is 5.92 Å². The monoisotopic (exact) mass is 283 g/mol. The van der Waals surface area contributed by atoms with Gasteiger partial charge < -0.3 is 5.32 Å². The maximum Gasteiger partial charge on any atom is 0.150 e. The van der Waals surface area contributed by atoms with Crippen LogP contribution in [-0.2, 0) is 9.84 Å². The Labute approximate surface area is 109 Å². The highest BCUT2D eigenvalue weighted by Crippen LogP contribution is 2.26. The number of nitrogens with zero attached hydrogens (tertiary/aromatic N) is 2. The summed E-state index contributed by atoms with van der Waals surface area (Å²) in [6.07, 6.45) is 2.27. The normalized spacial score (nSPS) is 22.3. The molecule has 0 amide bonds. The second-order valence-corrected chi connectivity index (χ2v) is 7.65. The van der Waals surface area contributed by atoms with Gasteiger partial charge >= 0.3 is 0 Å². The predicted molar refractivity (Wildman–Crippen MR) is 72.7 cm³/mol. The van der Waals surface area contributed by atoms with E-state index in [1.165, 1.54) is 6.33 Å². The molecule has 0 aliphatic carbocycles. The summed E-state index contributed by atoms with van der Waals surface area (Å²) >= 11 is 1.59. The average Bonchev–Trinajstić information content (AvgIpc) is 2.92. The predicted octanol–water partition coefficient (Wildman–Crippen LogP) is 1.54. The van der Waals surface area contributed by atoms with Crippen molar-refractivity contribution in [2.45, 2.75) is 6.42 Å². The van der Waals surface area contributed by atoms with E-state index in [2.05, 4.69) is 15.3 Å². The standard InChI is InChI=1S/C11H13N3O2S2/c15-18(16)4-2-8(6-18)5-12-11-10-9(1-3-17-10)13-7-14-11/h1,3,7-8H,2,4-6H2,(H,12,13,14). The summed E-state index contributed by atoms with van der Waals surface area (Å²) in [7, 11) is -2.80. The van der Waals surface area contributed by atoms with Gasteiger partial charge in [-0.2, -0.15) is 0 Å². The summed E-state index contributed by atoms with van der Waals surface area (Å²) in [5.41, 5.74) is 0.927. The number of hydrogen-bond acceptors (Lipinski definition) is 6. The lowest BCUT2D eigenvalue weighted by molar-refractivity contribution is 0.596. The quantitative estimate of drug-likeness (QED) is 0.925. The third kappa shape index (κ3) is 2.32. The Morgan fingerprint density at radius 3 is 3.11 bits per heavy atom. The number of sulfone groups is 1. The second kappa shape index (κ2) is 4.47. The molecule has 5 nitrogen and oxygen atoms in total. The number of aromatic nitrogens is 2. The first kappa shape index (κ1) is 11.9. The minimum absolute atomic E-state index is 0.194. The highest BCUT2D eigenvalue weighted by molar-refractivity contribution is 7.91. The van der Waals surface area contributed by atoms with Crippen molar-refractivity contribution in [1.82, 2.24) is 9.97 Å². The van der Waals surface area contributed by atoms with Crippen molar-refractivity contribution >= 4 is 37.2 Å². The van der Waals surface area contributed by atoms with E-state index >= 15 is 0 Å². The first-order valence-corrected chi connectivity index (χ1v) is 8.47. The van der Waals surface area contributed by atoms with Crippen LogP contribution in [0.4, 0.5) is 5.82 Å². The Balaban J connectivity index is 1.72. The summed E-state index contributed by atoms with van der Waals surface area (Å²) < 4.78 is 23.8. The third-order valence-electron chi connectivity index (χ3n) is 3.13. The van der Waals surface area contributed by atoms with Crippen LogP contribution in [0.3, 0.4) is 0 Å². The molecule has 1 aliphatic heterocycles. The van der Waals surface area contributed by atoms with Crippen LogP contribution in [0.1, 0.15) is 6.42 Å². The van der Waals surface area contributed by atoms with Crippen LogP contribution in [-0.4, -0.2) is 36.4 Å². The van der Waals surface area contributed by atoms with Gasteiger partial charge in [-0.15, -0.1) is 11.3 Å². The Morgan fingerprint density at radius 1 is 1.44 bits per heavy atom. The van der Waals surface area contributed by atoms with Crippen LogP contribution >= 0.6 is 11.3 Å². The van der Waals surface area contributed by atoms with E-state index in [0.717, 1.165) is 22.5 Å². The number of anilines is 1. The van der Waals surface area contributed by atoms with Gasteiger partial charge in [-0.3, -0.25) is 0 Å². The molecule has 1 atom stereocenters. The number of rotatable bonds is 3. The summed E-state index contributed by atoms with van der Waals surface area (Å²) in [5.74, 6) is 1.61. The maximum atomic E-state index is 11.4.